The third kappa shape index (κ3) is 4.29. The summed E-state index contributed by atoms with van der Waals surface area (Å²) in [5.41, 5.74) is -0.460. The zero-order valence-corrected chi connectivity index (χ0v) is 12.4. The van der Waals surface area contributed by atoms with Crippen LogP contribution < -0.4 is 0 Å². The molecule has 3 heteroatoms. The van der Waals surface area contributed by atoms with E-state index in [1.165, 1.54) is 19.3 Å². The summed E-state index contributed by atoms with van der Waals surface area (Å²) in [5, 5.41) is 0. The fraction of sp³-hybridized carbons (Fsp3) is 0.733. The molecule has 0 aliphatic carbocycles. The lowest BCUT2D eigenvalue weighted by atomic mass is 9.89. The van der Waals surface area contributed by atoms with Gasteiger partial charge in [0.2, 0.25) is 0 Å². The fourth-order valence-corrected chi connectivity index (χ4v) is 1.90. The summed E-state index contributed by atoms with van der Waals surface area (Å²) in [6.45, 7) is 12.0. The van der Waals surface area contributed by atoms with Gasteiger partial charge in [0.15, 0.2) is 0 Å². The molecule has 1 fully saturated rings. The Morgan fingerprint density at radius 2 is 1.50 bits per heavy atom. The molecule has 0 aromatic rings. The number of hydrogen-bond donors (Lipinski definition) is 0. The van der Waals surface area contributed by atoms with E-state index in [0.29, 0.717) is 0 Å². The molecule has 0 aromatic heterocycles. The molecule has 0 unspecified atom stereocenters. The van der Waals surface area contributed by atoms with Gasteiger partial charge in [0, 0.05) is 0 Å². The monoisotopic (exact) mass is 250 g/mol. The molecule has 1 rings (SSSR count). The standard InChI is InChI=1S/C15H27BO2/c1-6-7-8-9-10-11-12-13-16-17-14(2,3)15(4,5)18-16/h6,12-13H,1,7-11H2,2-5H3/b13-12+. The van der Waals surface area contributed by atoms with E-state index >= 15 is 0 Å². The van der Waals surface area contributed by atoms with Crippen LogP contribution in [0.3, 0.4) is 0 Å². The van der Waals surface area contributed by atoms with Gasteiger partial charge in [-0.15, -0.1) is 6.58 Å². The normalized spacial score (nSPS) is 21.7. The van der Waals surface area contributed by atoms with Crippen molar-refractivity contribution in [2.45, 2.75) is 71.0 Å². The molecule has 2 nitrogen and oxygen atoms in total. The highest BCUT2D eigenvalue weighted by atomic mass is 16.7. The SMILES string of the molecule is C=CCCCCC/C=C/B1OC(C)(C)C(C)(C)O1. The van der Waals surface area contributed by atoms with E-state index in [1.54, 1.807) is 0 Å². The first kappa shape index (κ1) is 15.5. The molecule has 1 aliphatic heterocycles. The van der Waals surface area contributed by atoms with Crippen molar-refractivity contribution >= 4 is 7.12 Å². The molecule has 0 radical (unpaired) electrons. The Labute approximate surface area is 113 Å². The van der Waals surface area contributed by atoms with E-state index in [4.69, 9.17) is 9.31 Å². The van der Waals surface area contributed by atoms with Crippen LogP contribution in [0.25, 0.3) is 0 Å². The number of hydrogen-bond acceptors (Lipinski definition) is 2. The van der Waals surface area contributed by atoms with Crippen molar-refractivity contribution in [3.05, 3.63) is 24.7 Å². The van der Waals surface area contributed by atoms with Gasteiger partial charge in [0.25, 0.3) is 0 Å². The van der Waals surface area contributed by atoms with E-state index in [1.807, 2.05) is 12.1 Å². The minimum Gasteiger partial charge on any atom is -0.400 e. The third-order valence-electron chi connectivity index (χ3n) is 3.84. The highest BCUT2D eigenvalue weighted by molar-refractivity contribution is 6.51. The van der Waals surface area contributed by atoms with Crippen LogP contribution in [0.5, 0.6) is 0 Å². The van der Waals surface area contributed by atoms with Crippen molar-refractivity contribution in [3.63, 3.8) is 0 Å². The topological polar surface area (TPSA) is 18.5 Å². The molecule has 0 atom stereocenters. The molecule has 1 heterocycles. The van der Waals surface area contributed by atoms with Crippen molar-refractivity contribution in [1.82, 2.24) is 0 Å². The Kier molecular flexibility index (Phi) is 5.67. The third-order valence-corrected chi connectivity index (χ3v) is 3.84. The van der Waals surface area contributed by atoms with Gasteiger partial charge in [-0.2, -0.15) is 0 Å². The lowest BCUT2D eigenvalue weighted by Crippen LogP contribution is -2.41. The average Bonchev–Trinajstić information content (AvgIpc) is 2.46. The molecule has 1 aliphatic rings. The summed E-state index contributed by atoms with van der Waals surface area (Å²) < 4.78 is 11.8. The Bertz CT molecular complexity index is 279. The van der Waals surface area contributed by atoms with Crippen LogP contribution in [-0.2, 0) is 9.31 Å². The molecule has 0 saturated carbocycles. The van der Waals surface area contributed by atoms with Gasteiger partial charge in [0.05, 0.1) is 11.2 Å². The van der Waals surface area contributed by atoms with Gasteiger partial charge in [-0.1, -0.05) is 24.5 Å². The predicted octanol–water partition coefficient (Wildman–Crippen LogP) is 4.31. The Morgan fingerprint density at radius 3 is 2.06 bits per heavy atom. The van der Waals surface area contributed by atoms with Crippen molar-refractivity contribution < 1.29 is 9.31 Å². The Morgan fingerprint density at radius 1 is 0.944 bits per heavy atom. The predicted molar refractivity (Wildman–Crippen MR) is 78.5 cm³/mol. The molecule has 0 bridgehead atoms. The maximum atomic E-state index is 5.89. The zero-order chi connectivity index (χ0) is 13.6. The second-order valence-electron chi connectivity index (χ2n) is 5.98. The van der Waals surface area contributed by atoms with Crippen LogP contribution in [0.2, 0.25) is 0 Å². The minimum atomic E-state index is -0.230. The summed E-state index contributed by atoms with van der Waals surface area (Å²) >= 11 is 0. The molecule has 0 aromatic carbocycles. The van der Waals surface area contributed by atoms with Crippen LogP contribution in [-0.4, -0.2) is 18.3 Å². The van der Waals surface area contributed by atoms with Crippen molar-refractivity contribution in [1.29, 1.82) is 0 Å². The number of unbranched alkanes of at least 4 members (excludes halogenated alkanes) is 4. The van der Waals surface area contributed by atoms with Crippen LogP contribution in [0.4, 0.5) is 0 Å². The molecule has 0 spiro atoms. The smallest absolute Gasteiger partial charge is 0.400 e. The van der Waals surface area contributed by atoms with Gasteiger partial charge in [0.1, 0.15) is 0 Å². The lowest BCUT2D eigenvalue weighted by molar-refractivity contribution is 0.00578. The lowest BCUT2D eigenvalue weighted by Gasteiger charge is -2.32. The fourth-order valence-electron chi connectivity index (χ4n) is 1.90. The molecule has 102 valence electrons. The van der Waals surface area contributed by atoms with Crippen LogP contribution >= 0.6 is 0 Å². The number of allylic oxidation sites excluding steroid dienone is 2. The molecule has 0 amide bonds. The largest absolute Gasteiger partial charge is 0.486 e. The molecule has 1 saturated heterocycles. The first-order valence-electron chi connectivity index (χ1n) is 7.02. The van der Waals surface area contributed by atoms with Crippen molar-refractivity contribution in [2.75, 3.05) is 0 Å². The minimum absolute atomic E-state index is 0.192. The van der Waals surface area contributed by atoms with E-state index in [-0.39, 0.29) is 18.3 Å². The van der Waals surface area contributed by atoms with Crippen molar-refractivity contribution in [2.24, 2.45) is 0 Å². The van der Waals surface area contributed by atoms with Crippen LogP contribution in [0.15, 0.2) is 24.7 Å². The van der Waals surface area contributed by atoms with E-state index < -0.39 is 0 Å². The molecule has 0 N–H and O–H groups in total. The molecule has 18 heavy (non-hydrogen) atoms. The first-order chi connectivity index (χ1) is 8.39. The Hall–Kier alpha value is -0.535. The summed E-state index contributed by atoms with van der Waals surface area (Å²) in [6, 6.07) is 0. The van der Waals surface area contributed by atoms with Crippen LogP contribution in [0, 0.1) is 0 Å². The molecular weight excluding hydrogens is 223 g/mol. The van der Waals surface area contributed by atoms with Gasteiger partial charge in [-0.05, 0) is 53.4 Å². The number of rotatable bonds is 7. The maximum absolute atomic E-state index is 5.89. The maximum Gasteiger partial charge on any atom is 0.486 e. The summed E-state index contributed by atoms with van der Waals surface area (Å²) in [7, 11) is -0.192. The van der Waals surface area contributed by atoms with Crippen molar-refractivity contribution in [3.8, 4) is 0 Å². The van der Waals surface area contributed by atoms with E-state index in [2.05, 4.69) is 40.3 Å². The second-order valence-corrected chi connectivity index (χ2v) is 5.98. The van der Waals surface area contributed by atoms with Crippen LogP contribution in [0.1, 0.15) is 59.8 Å². The van der Waals surface area contributed by atoms with Gasteiger partial charge >= 0.3 is 7.12 Å². The summed E-state index contributed by atoms with van der Waals surface area (Å²) in [6.07, 6.45) is 10.1. The van der Waals surface area contributed by atoms with E-state index in [0.717, 1.165) is 12.8 Å². The Balaban J connectivity index is 2.22. The van der Waals surface area contributed by atoms with E-state index in [9.17, 15) is 0 Å². The highest BCUT2D eigenvalue weighted by Gasteiger charge is 2.49. The van der Waals surface area contributed by atoms with Gasteiger partial charge in [-0.25, -0.2) is 0 Å². The average molecular weight is 250 g/mol. The summed E-state index contributed by atoms with van der Waals surface area (Å²) in [5.74, 6) is 2.05. The first-order valence-corrected chi connectivity index (χ1v) is 7.02. The second kappa shape index (κ2) is 6.58. The van der Waals surface area contributed by atoms with Gasteiger partial charge in [-0.3, -0.25) is 0 Å². The molecular formula is C15H27BO2. The van der Waals surface area contributed by atoms with Gasteiger partial charge < -0.3 is 9.31 Å². The zero-order valence-electron chi connectivity index (χ0n) is 12.4. The quantitative estimate of drug-likeness (QED) is 0.381. The summed E-state index contributed by atoms with van der Waals surface area (Å²) in [4.78, 5) is 0. The highest BCUT2D eigenvalue weighted by Crippen LogP contribution is 2.36.